The molecule has 0 aliphatic heterocycles. The van der Waals surface area contributed by atoms with Crippen molar-refractivity contribution in [2.75, 3.05) is 12.3 Å². The number of aromatic nitrogens is 1. The zero-order chi connectivity index (χ0) is 14.8. The molecule has 20 heavy (non-hydrogen) atoms. The summed E-state index contributed by atoms with van der Waals surface area (Å²) in [4.78, 5) is 15.9. The fourth-order valence-corrected chi connectivity index (χ4v) is 2.95. The molecule has 6 heteroatoms. The summed E-state index contributed by atoms with van der Waals surface area (Å²) in [5, 5.41) is 13.3. The fourth-order valence-electron chi connectivity index (χ4n) is 2.76. The second-order valence-corrected chi connectivity index (χ2v) is 6.07. The van der Waals surface area contributed by atoms with Crippen molar-refractivity contribution in [1.29, 1.82) is 0 Å². The summed E-state index contributed by atoms with van der Waals surface area (Å²) in [6, 6.07) is 1.48. The molecule has 0 spiro atoms. The Hall–Kier alpha value is -1.33. The molecule has 4 N–H and O–H groups in total. The molecule has 1 aliphatic rings. The normalized spacial score (nSPS) is 26.2. The van der Waals surface area contributed by atoms with E-state index in [-0.39, 0.29) is 23.2 Å². The number of amides is 1. The van der Waals surface area contributed by atoms with Crippen molar-refractivity contribution in [2.24, 2.45) is 5.92 Å². The van der Waals surface area contributed by atoms with Gasteiger partial charge in [-0.3, -0.25) is 4.79 Å². The molecule has 1 aromatic heterocycles. The number of halogens is 1. The molecule has 1 fully saturated rings. The number of nitrogens with one attached hydrogen (secondary N) is 1. The minimum absolute atomic E-state index is 0.112. The monoisotopic (exact) mass is 297 g/mol. The third-order valence-electron chi connectivity index (χ3n) is 3.75. The van der Waals surface area contributed by atoms with Crippen molar-refractivity contribution < 1.29 is 9.90 Å². The number of nitrogens with zero attached hydrogens (tertiary/aromatic N) is 1. The average molecular weight is 298 g/mol. The van der Waals surface area contributed by atoms with Gasteiger partial charge in [0.25, 0.3) is 5.91 Å². The Bertz CT molecular complexity index is 509. The number of hydrogen-bond acceptors (Lipinski definition) is 4. The van der Waals surface area contributed by atoms with Gasteiger partial charge in [0.05, 0.1) is 23.0 Å². The third-order valence-corrected chi connectivity index (χ3v) is 4.05. The van der Waals surface area contributed by atoms with Crippen LogP contribution >= 0.6 is 11.6 Å². The number of aliphatic hydroxyl groups is 1. The lowest BCUT2D eigenvalue weighted by atomic mass is 9.79. The van der Waals surface area contributed by atoms with Crippen LogP contribution in [0, 0.1) is 5.92 Å². The maximum atomic E-state index is 12.1. The first-order valence-corrected chi connectivity index (χ1v) is 7.19. The highest BCUT2D eigenvalue weighted by Crippen LogP contribution is 2.31. The smallest absolute Gasteiger partial charge is 0.254 e. The number of nitrogen functional groups attached to an aromatic ring is 1. The van der Waals surface area contributed by atoms with E-state index in [0.29, 0.717) is 24.4 Å². The number of pyridine rings is 1. The van der Waals surface area contributed by atoms with Crippen LogP contribution in [0.15, 0.2) is 12.3 Å². The average Bonchev–Trinajstić information content (AvgIpc) is 2.39. The topological polar surface area (TPSA) is 88.2 Å². The van der Waals surface area contributed by atoms with Gasteiger partial charge in [-0.2, -0.15) is 0 Å². The largest absolute Gasteiger partial charge is 0.397 e. The Kier molecular flexibility index (Phi) is 4.50. The Morgan fingerprint density at radius 1 is 1.70 bits per heavy atom. The molecule has 110 valence electrons. The van der Waals surface area contributed by atoms with Gasteiger partial charge in [0.1, 0.15) is 5.15 Å². The molecule has 1 amide bonds. The van der Waals surface area contributed by atoms with Gasteiger partial charge in [-0.1, -0.05) is 31.4 Å². The maximum absolute atomic E-state index is 12.1. The zero-order valence-corrected chi connectivity index (χ0v) is 12.3. The predicted octanol–water partition coefficient (Wildman–Crippen LogP) is 1.99. The summed E-state index contributed by atoms with van der Waals surface area (Å²) in [6.07, 6.45) is 4.92. The van der Waals surface area contributed by atoms with Crippen LogP contribution < -0.4 is 11.1 Å². The molecule has 0 saturated heterocycles. The van der Waals surface area contributed by atoms with Crippen LogP contribution in [-0.2, 0) is 0 Å². The van der Waals surface area contributed by atoms with E-state index >= 15 is 0 Å². The first-order valence-electron chi connectivity index (χ1n) is 6.81. The lowest BCUT2D eigenvalue weighted by molar-refractivity contribution is -0.0109. The van der Waals surface area contributed by atoms with E-state index in [1.807, 2.05) is 0 Å². The van der Waals surface area contributed by atoms with Crippen LogP contribution in [0.5, 0.6) is 0 Å². The van der Waals surface area contributed by atoms with Gasteiger partial charge in [0.15, 0.2) is 0 Å². The number of anilines is 1. The summed E-state index contributed by atoms with van der Waals surface area (Å²) in [5.74, 6) is 0.115. The molecule has 1 aromatic rings. The van der Waals surface area contributed by atoms with Gasteiger partial charge >= 0.3 is 0 Å². The molecule has 0 bridgehead atoms. The first-order chi connectivity index (χ1) is 9.39. The van der Waals surface area contributed by atoms with Crippen LogP contribution in [0.1, 0.15) is 43.0 Å². The number of rotatable bonds is 3. The summed E-state index contributed by atoms with van der Waals surface area (Å²) in [7, 11) is 0. The quantitative estimate of drug-likeness (QED) is 0.745. The number of nitrogens with two attached hydrogens (primary N) is 1. The summed E-state index contributed by atoms with van der Waals surface area (Å²) in [5.41, 5.74) is 5.39. The van der Waals surface area contributed by atoms with Gasteiger partial charge in [-0.25, -0.2) is 4.98 Å². The van der Waals surface area contributed by atoms with E-state index in [0.717, 1.165) is 12.8 Å². The highest BCUT2D eigenvalue weighted by atomic mass is 35.5. The standard InChI is InChI=1S/C14H20ClN3O2/c1-9-3-2-4-14(20,6-9)8-18-13(19)11-5-10(16)7-17-12(11)15/h5,7,9,20H,2-4,6,8,16H2,1H3,(H,18,19). The number of hydrogen-bond donors (Lipinski definition) is 3. The summed E-state index contributed by atoms with van der Waals surface area (Å²) < 4.78 is 0. The molecule has 5 nitrogen and oxygen atoms in total. The van der Waals surface area contributed by atoms with Gasteiger partial charge in [0, 0.05) is 6.54 Å². The number of carbonyl (C=O) groups excluding carboxylic acids is 1. The highest BCUT2D eigenvalue weighted by molar-refractivity contribution is 6.32. The number of carbonyl (C=O) groups is 1. The molecule has 0 aromatic carbocycles. The predicted molar refractivity (Wildman–Crippen MR) is 78.6 cm³/mol. The zero-order valence-electron chi connectivity index (χ0n) is 11.5. The highest BCUT2D eigenvalue weighted by Gasteiger charge is 2.33. The van der Waals surface area contributed by atoms with E-state index < -0.39 is 5.60 Å². The van der Waals surface area contributed by atoms with E-state index in [4.69, 9.17) is 17.3 Å². The Morgan fingerprint density at radius 2 is 2.45 bits per heavy atom. The second kappa shape index (κ2) is 5.97. The Balaban J connectivity index is 1.99. The minimum atomic E-state index is -0.826. The molecular weight excluding hydrogens is 278 g/mol. The Morgan fingerprint density at radius 3 is 3.15 bits per heavy atom. The van der Waals surface area contributed by atoms with Crippen molar-refractivity contribution in [2.45, 2.75) is 38.2 Å². The minimum Gasteiger partial charge on any atom is -0.397 e. The van der Waals surface area contributed by atoms with Crippen LogP contribution in [0.2, 0.25) is 5.15 Å². The second-order valence-electron chi connectivity index (χ2n) is 5.72. The van der Waals surface area contributed by atoms with Crippen LogP contribution in [0.3, 0.4) is 0 Å². The Labute approximate surface area is 123 Å². The SMILES string of the molecule is CC1CCCC(O)(CNC(=O)c2cc(N)cnc2Cl)C1. The molecule has 1 saturated carbocycles. The van der Waals surface area contributed by atoms with Gasteiger partial charge < -0.3 is 16.2 Å². The van der Waals surface area contributed by atoms with E-state index in [1.54, 1.807) is 0 Å². The van der Waals surface area contributed by atoms with Crippen molar-refractivity contribution in [3.63, 3.8) is 0 Å². The van der Waals surface area contributed by atoms with Crippen molar-refractivity contribution in [1.82, 2.24) is 10.3 Å². The lowest BCUT2D eigenvalue weighted by Crippen LogP contribution is -2.45. The summed E-state index contributed by atoms with van der Waals surface area (Å²) >= 11 is 5.88. The van der Waals surface area contributed by atoms with E-state index in [2.05, 4.69) is 17.2 Å². The maximum Gasteiger partial charge on any atom is 0.254 e. The summed E-state index contributed by atoms with van der Waals surface area (Å²) in [6.45, 7) is 2.34. The van der Waals surface area contributed by atoms with Crippen LogP contribution in [0.4, 0.5) is 5.69 Å². The third kappa shape index (κ3) is 3.61. The van der Waals surface area contributed by atoms with Crippen molar-refractivity contribution >= 4 is 23.2 Å². The first kappa shape index (κ1) is 15.1. The van der Waals surface area contributed by atoms with Crippen molar-refractivity contribution in [3.8, 4) is 0 Å². The van der Waals surface area contributed by atoms with Crippen LogP contribution in [-0.4, -0.2) is 28.1 Å². The fraction of sp³-hybridized carbons (Fsp3) is 0.571. The molecule has 2 atom stereocenters. The molecule has 2 unspecified atom stereocenters. The van der Waals surface area contributed by atoms with Gasteiger partial charge in [0.2, 0.25) is 0 Å². The van der Waals surface area contributed by atoms with Crippen molar-refractivity contribution in [3.05, 3.63) is 23.0 Å². The van der Waals surface area contributed by atoms with Crippen LogP contribution in [0.25, 0.3) is 0 Å². The van der Waals surface area contributed by atoms with Gasteiger partial charge in [-0.05, 0) is 24.8 Å². The molecule has 2 rings (SSSR count). The lowest BCUT2D eigenvalue weighted by Gasteiger charge is -2.35. The molecule has 0 radical (unpaired) electrons. The molecule has 1 aliphatic carbocycles. The van der Waals surface area contributed by atoms with Gasteiger partial charge in [-0.15, -0.1) is 0 Å². The van der Waals surface area contributed by atoms with E-state index in [9.17, 15) is 9.90 Å². The van der Waals surface area contributed by atoms with E-state index in [1.165, 1.54) is 12.3 Å². The molecular formula is C14H20ClN3O2. The molecule has 1 heterocycles.